The molecule has 30 heavy (non-hydrogen) atoms. The van der Waals surface area contributed by atoms with Crippen LogP contribution in [-0.4, -0.2) is 42.1 Å². The Labute approximate surface area is 165 Å². The van der Waals surface area contributed by atoms with Gasteiger partial charge in [0.05, 0.1) is 12.0 Å². The molecule has 0 aliphatic carbocycles. The van der Waals surface area contributed by atoms with E-state index in [-0.39, 0.29) is 29.2 Å². The zero-order valence-corrected chi connectivity index (χ0v) is 15.0. The van der Waals surface area contributed by atoms with Gasteiger partial charge >= 0.3 is 6.55 Å². The van der Waals surface area contributed by atoms with Gasteiger partial charge in [-0.25, -0.2) is 18.7 Å². The van der Waals surface area contributed by atoms with E-state index in [1.807, 2.05) is 0 Å². The molecular formula is C18H12F4N6O2. The Morgan fingerprint density at radius 1 is 1.30 bits per heavy atom. The molecule has 3 aromatic heterocycles. The van der Waals surface area contributed by atoms with Crippen molar-refractivity contribution in [2.45, 2.75) is 19.0 Å². The minimum atomic E-state index is -3.01. The fourth-order valence-electron chi connectivity index (χ4n) is 3.62. The lowest BCUT2D eigenvalue weighted by Gasteiger charge is -2.33. The van der Waals surface area contributed by atoms with Gasteiger partial charge in [-0.15, -0.1) is 0 Å². The molecule has 1 aromatic carbocycles. The summed E-state index contributed by atoms with van der Waals surface area (Å²) in [4.78, 5) is 25.6. The number of benzene rings is 1. The van der Waals surface area contributed by atoms with Crippen molar-refractivity contribution in [2.24, 2.45) is 0 Å². The summed E-state index contributed by atoms with van der Waals surface area (Å²) < 4.78 is 60.0. The van der Waals surface area contributed by atoms with Crippen molar-refractivity contribution < 1.29 is 26.8 Å². The number of imidazole rings is 1. The first kappa shape index (κ1) is 18.3. The van der Waals surface area contributed by atoms with Crippen LogP contribution < -0.4 is 0 Å². The largest absolute Gasteiger partial charge is 0.438 e. The van der Waals surface area contributed by atoms with Crippen LogP contribution in [-0.2, 0) is 6.42 Å². The Morgan fingerprint density at radius 3 is 2.93 bits per heavy atom. The summed E-state index contributed by atoms with van der Waals surface area (Å²) in [5, 5.41) is 3.49. The number of oxazole rings is 1. The third kappa shape index (κ3) is 2.75. The smallest absolute Gasteiger partial charge is 0.333 e. The van der Waals surface area contributed by atoms with E-state index in [0.717, 1.165) is 12.3 Å². The third-order valence-electron chi connectivity index (χ3n) is 4.92. The number of halogens is 4. The molecule has 0 fully saturated rings. The molecule has 5 rings (SSSR count). The predicted octanol–water partition coefficient (Wildman–Crippen LogP) is 3.21. The summed E-state index contributed by atoms with van der Waals surface area (Å²) in [6.45, 7) is -2.88. The maximum absolute atomic E-state index is 14.1. The number of nitrogens with one attached hydrogen (secondary N) is 1. The second-order valence-corrected chi connectivity index (χ2v) is 6.64. The van der Waals surface area contributed by atoms with Gasteiger partial charge in [0.1, 0.15) is 17.0 Å². The average molecular weight is 420 g/mol. The van der Waals surface area contributed by atoms with Gasteiger partial charge < -0.3 is 14.3 Å². The summed E-state index contributed by atoms with van der Waals surface area (Å²) in [6.07, 6.45) is 2.89. The van der Waals surface area contributed by atoms with Crippen LogP contribution in [0.5, 0.6) is 0 Å². The first-order valence-electron chi connectivity index (χ1n) is 8.84. The van der Waals surface area contributed by atoms with E-state index in [2.05, 4.69) is 20.1 Å². The number of alkyl halides is 2. The average Bonchev–Trinajstić information content (AvgIpc) is 3.44. The van der Waals surface area contributed by atoms with Crippen LogP contribution in [0.1, 0.15) is 40.4 Å². The highest BCUT2D eigenvalue weighted by atomic mass is 19.3. The highest BCUT2D eigenvalue weighted by Crippen LogP contribution is 2.36. The van der Waals surface area contributed by atoms with Gasteiger partial charge in [-0.3, -0.25) is 4.79 Å². The number of fused-ring (bicyclic) bond motifs is 2. The SMILES string of the molecule is O=C(c1ccnn1C(F)F)N1CCc2[nH]cnc2[C@H]1c1nc2c(F)cc(F)cc2o1. The van der Waals surface area contributed by atoms with E-state index in [1.165, 1.54) is 17.3 Å². The number of aromatic nitrogens is 5. The van der Waals surface area contributed by atoms with Crippen LogP contribution in [0.2, 0.25) is 0 Å². The van der Waals surface area contributed by atoms with Crippen molar-refractivity contribution >= 4 is 17.0 Å². The standard InChI is InChI=1S/C18H12F4N6O2/c19-8-5-9(20)13-12(6-8)30-16(26-13)15-14-10(23-7-24-14)2-4-27(15)17(29)11-1-3-25-28(11)18(21)22/h1,3,5-7,15,18H,2,4H2,(H,23,24)/t15-/m0/s1. The van der Waals surface area contributed by atoms with Crippen molar-refractivity contribution in [3.8, 4) is 0 Å². The van der Waals surface area contributed by atoms with E-state index in [0.29, 0.717) is 28.6 Å². The molecular weight excluding hydrogens is 408 g/mol. The maximum atomic E-state index is 14.1. The van der Waals surface area contributed by atoms with Gasteiger partial charge in [0.2, 0.25) is 5.89 Å². The lowest BCUT2D eigenvalue weighted by molar-refractivity contribution is 0.0435. The number of carbonyl (C=O) groups excluding carboxylic acids is 1. The monoisotopic (exact) mass is 420 g/mol. The molecule has 4 heterocycles. The normalized spacial score (nSPS) is 16.4. The lowest BCUT2D eigenvalue weighted by atomic mass is 10.0. The summed E-state index contributed by atoms with van der Waals surface area (Å²) >= 11 is 0. The minimum absolute atomic E-state index is 0.112. The molecule has 0 spiro atoms. The van der Waals surface area contributed by atoms with Crippen molar-refractivity contribution in [1.29, 1.82) is 0 Å². The Kier molecular flexibility index (Phi) is 4.08. The summed E-state index contributed by atoms with van der Waals surface area (Å²) in [5.41, 5.74) is 0.391. The number of H-pyrrole nitrogens is 1. The van der Waals surface area contributed by atoms with Gasteiger partial charge in [-0.2, -0.15) is 18.6 Å². The first-order chi connectivity index (χ1) is 14.4. The number of hydrogen-bond acceptors (Lipinski definition) is 5. The number of amides is 1. The molecule has 0 unspecified atom stereocenters. The fourth-order valence-corrected chi connectivity index (χ4v) is 3.62. The molecule has 0 radical (unpaired) electrons. The predicted molar refractivity (Wildman–Crippen MR) is 92.6 cm³/mol. The fraction of sp³-hybridized carbons (Fsp3) is 0.222. The number of carbonyl (C=O) groups is 1. The van der Waals surface area contributed by atoms with Crippen LogP contribution in [0.25, 0.3) is 11.1 Å². The van der Waals surface area contributed by atoms with Crippen LogP contribution in [0.3, 0.4) is 0 Å². The zero-order valence-electron chi connectivity index (χ0n) is 15.0. The minimum Gasteiger partial charge on any atom is -0.438 e. The van der Waals surface area contributed by atoms with Gasteiger partial charge in [0.15, 0.2) is 17.4 Å². The molecule has 154 valence electrons. The van der Waals surface area contributed by atoms with E-state index < -0.39 is 30.1 Å². The molecule has 8 nitrogen and oxygen atoms in total. The molecule has 1 atom stereocenters. The van der Waals surface area contributed by atoms with Gasteiger partial charge in [-0.1, -0.05) is 0 Å². The first-order valence-corrected chi connectivity index (χ1v) is 8.84. The van der Waals surface area contributed by atoms with E-state index in [9.17, 15) is 22.4 Å². The molecule has 1 amide bonds. The zero-order chi connectivity index (χ0) is 21.0. The topological polar surface area (TPSA) is 92.8 Å². The van der Waals surface area contributed by atoms with Crippen LogP contribution in [0.4, 0.5) is 17.6 Å². The van der Waals surface area contributed by atoms with Crippen LogP contribution in [0.15, 0.2) is 35.1 Å². The lowest BCUT2D eigenvalue weighted by Crippen LogP contribution is -2.41. The van der Waals surface area contributed by atoms with Gasteiger partial charge in [0.25, 0.3) is 5.91 Å². The second-order valence-electron chi connectivity index (χ2n) is 6.64. The van der Waals surface area contributed by atoms with Crippen molar-refractivity contribution in [3.63, 3.8) is 0 Å². The Bertz CT molecular complexity index is 1260. The summed E-state index contributed by atoms with van der Waals surface area (Å²) in [6, 6.07) is 1.79. The van der Waals surface area contributed by atoms with E-state index in [1.54, 1.807) is 0 Å². The van der Waals surface area contributed by atoms with Crippen molar-refractivity contribution in [2.75, 3.05) is 6.54 Å². The molecule has 0 saturated carbocycles. The number of hydrogen-bond donors (Lipinski definition) is 1. The molecule has 4 aromatic rings. The molecule has 12 heteroatoms. The molecule has 0 bridgehead atoms. The molecule has 1 N–H and O–H groups in total. The molecule has 1 aliphatic rings. The Morgan fingerprint density at radius 2 is 2.13 bits per heavy atom. The summed E-state index contributed by atoms with van der Waals surface area (Å²) in [5.74, 6) is -2.63. The van der Waals surface area contributed by atoms with E-state index >= 15 is 0 Å². The number of rotatable bonds is 3. The van der Waals surface area contributed by atoms with E-state index in [4.69, 9.17) is 4.42 Å². The third-order valence-corrected chi connectivity index (χ3v) is 4.92. The number of aromatic amines is 1. The van der Waals surface area contributed by atoms with Crippen molar-refractivity contribution in [3.05, 3.63) is 65.3 Å². The van der Waals surface area contributed by atoms with Crippen molar-refractivity contribution in [1.82, 2.24) is 29.6 Å². The molecule has 1 aliphatic heterocycles. The Balaban J connectivity index is 1.64. The quantitative estimate of drug-likeness (QED) is 0.514. The van der Waals surface area contributed by atoms with Gasteiger partial charge in [-0.05, 0) is 6.07 Å². The van der Waals surface area contributed by atoms with Crippen LogP contribution in [0, 0.1) is 11.6 Å². The number of nitrogens with zero attached hydrogens (tertiary/aromatic N) is 5. The highest BCUT2D eigenvalue weighted by molar-refractivity contribution is 5.93. The highest BCUT2D eigenvalue weighted by Gasteiger charge is 2.39. The molecule has 0 saturated heterocycles. The van der Waals surface area contributed by atoms with Gasteiger partial charge in [0, 0.05) is 37.0 Å². The second kappa shape index (κ2) is 6.68. The maximum Gasteiger partial charge on any atom is 0.333 e. The summed E-state index contributed by atoms with van der Waals surface area (Å²) in [7, 11) is 0. The Hall–Kier alpha value is -3.70. The van der Waals surface area contributed by atoms with Crippen LogP contribution >= 0.6 is 0 Å².